The third kappa shape index (κ3) is 4.59. The maximum Gasteiger partial charge on any atom is 0.328 e. The van der Waals surface area contributed by atoms with E-state index in [-0.39, 0.29) is 24.0 Å². The first-order valence-corrected chi connectivity index (χ1v) is 9.16. The number of ether oxygens (including phenoxy) is 1. The van der Waals surface area contributed by atoms with Crippen molar-refractivity contribution < 1.29 is 9.53 Å². The third-order valence-electron chi connectivity index (χ3n) is 5.16. The fraction of sp³-hybridized carbons (Fsp3) is 0.476. The summed E-state index contributed by atoms with van der Waals surface area (Å²) in [6.07, 6.45) is 9.15. The van der Waals surface area contributed by atoms with Gasteiger partial charge in [0.2, 0.25) is 0 Å². The van der Waals surface area contributed by atoms with Gasteiger partial charge in [0.25, 0.3) is 0 Å². The van der Waals surface area contributed by atoms with Crippen LogP contribution < -0.4 is 0 Å². The molecular formula is C21H28N2O2. The standard InChI is InChI=1S/C21H28N2O2/c1-17(18-9-5-3-6-10-18)25-21(24)20(19-11-7-4-8-12-19)23-15-13-22(2)14-16-23/h3-9,11-12,17-18,20H,10,13-16H2,1-2H3/t17-,18?,20?/m0/s1. The Hall–Kier alpha value is -1.91. The molecule has 1 aromatic rings. The second kappa shape index (κ2) is 8.45. The summed E-state index contributed by atoms with van der Waals surface area (Å²) in [6.45, 7) is 5.71. The molecule has 1 aliphatic heterocycles. The van der Waals surface area contributed by atoms with Gasteiger partial charge < -0.3 is 9.64 Å². The highest BCUT2D eigenvalue weighted by molar-refractivity contribution is 5.78. The molecule has 1 aromatic carbocycles. The highest BCUT2D eigenvalue weighted by Gasteiger charge is 2.32. The summed E-state index contributed by atoms with van der Waals surface area (Å²) in [6, 6.07) is 9.70. The van der Waals surface area contributed by atoms with Crippen molar-refractivity contribution in [2.24, 2.45) is 5.92 Å². The van der Waals surface area contributed by atoms with Crippen molar-refractivity contribution in [2.45, 2.75) is 25.5 Å². The van der Waals surface area contributed by atoms with Crippen LogP contribution in [0.5, 0.6) is 0 Å². The molecule has 1 heterocycles. The van der Waals surface area contributed by atoms with Gasteiger partial charge in [-0.25, -0.2) is 4.79 Å². The van der Waals surface area contributed by atoms with E-state index in [1.165, 1.54) is 0 Å². The fourth-order valence-corrected chi connectivity index (χ4v) is 3.49. The van der Waals surface area contributed by atoms with Crippen molar-refractivity contribution >= 4 is 5.97 Å². The van der Waals surface area contributed by atoms with Gasteiger partial charge in [-0.15, -0.1) is 0 Å². The number of carbonyl (C=O) groups is 1. The Morgan fingerprint density at radius 2 is 1.84 bits per heavy atom. The molecule has 0 aromatic heterocycles. The molecule has 2 aliphatic rings. The third-order valence-corrected chi connectivity index (χ3v) is 5.16. The van der Waals surface area contributed by atoms with E-state index in [1.54, 1.807) is 0 Å². The van der Waals surface area contributed by atoms with E-state index < -0.39 is 0 Å². The molecule has 0 amide bonds. The lowest BCUT2D eigenvalue weighted by molar-refractivity contribution is -0.157. The fourth-order valence-electron chi connectivity index (χ4n) is 3.49. The van der Waals surface area contributed by atoms with E-state index in [1.807, 2.05) is 49.4 Å². The number of hydrogen-bond acceptors (Lipinski definition) is 4. The molecule has 3 atom stereocenters. The van der Waals surface area contributed by atoms with Gasteiger partial charge in [-0.05, 0) is 26.0 Å². The van der Waals surface area contributed by atoms with Crippen LogP contribution in [0, 0.1) is 5.92 Å². The lowest BCUT2D eigenvalue weighted by Crippen LogP contribution is -2.48. The van der Waals surface area contributed by atoms with E-state index in [9.17, 15) is 4.79 Å². The molecule has 0 N–H and O–H groups in total. The van der Waals surface area contributed by atoms with Crippen molar-refractivity contribution in [3.8, 4) is 0 Å². The predicted octanol–water partition coefficient (Wildman–Crippen LogP) is 3.04. The Labute approximate surface area is 150 Å². The van der Waals surface area contributed by atoms with Crippen LogP contribution in [0.4, 0.5) is 0 Å². The smallest absolute Gasteiger partial charge is 0.328 e. The monoisotopic (exact) mass is 340 g/mol. The average molecular weight is 340 g/mol. The van der Waals surface area contributed by atoms with Crippen LogP contribution in [0.1, 0.15) is 24.9 Å². The van der Waals surface area contributed by atoms with E-state index in [0.717, 1.165) is 38.2 Å². The van der Waals surface area contributed by atoms with Crippen LogP contribution in [-0.4, -0.2) is 55.1 Å². The summed E-state index contributed by atoms with van der Waals surface area (Å²) >= 11 is 0. The number of benzene rings is 1. The summed E-state index contributed by atoms with van der Waals surface area (Å²) < 4.78 is 5.91. The first-order valence-electron chi connectivity index (χ1n) is 9.16. The van der Waals surface area contributed by atoms with Crippen molar-refractivity contribution in [3.63, 3.8) is 0 Å². The normalized spacial score (nSPS) is 24.0. The molecule has 4 nitrogen and oxygen atoms in total. The zero-order valence-electron chi connectivity index (χ0n) is 15.2. The summed E-state index contributed by atoms with van der Waals surface area (Å²) in [5, 5.41) is 0. The molecule has 25 heavy (non-hydrogen) atoms. The summed E-state index contributed by atoms with van der Waals surface area (Å²) in [5.41, 5.74) is 1.02. The number of rotatable bonds is 5. The van der Waals surface area contributed by atoms with E-state index >= 15 is 0 Å². The minimum Gasteiger partial charge on any atom is -0.461 e. The van der Waals surface area contributed by atoms with Crippen LogP contribution in [-0.2, 0) is 9.53 Å². The molecule has 1 fully saturated rings. The minimum atomic E-state index is -0.319. The second-order valence-corrected chi connectivity index (χ2v) is 7.01. The zero-order chi connectivity index (χ0) is 17.6. The van der Waals surface area contributed by atoms with Crippen LogP contribution >= 0.6 is 0 Å². The topological polar surface area (TPSA) is 32.8 Å². The van der Waals surface area contributed by atoms with Crippen LogP contribution in [0.25, 0.3) is 0 Å². The first kappa shape index (κ1) is 17.9. The van der Waals surface area contributed by atoms with Gasteiger partial charge in [-0.3, -0.25) is 4.90 Å². The number of esters is 1. The number of likely N-dealkylation sites (N-methyl/N-ethyl adjacent to an activating group) is 1. The van der Waals surface area contributed by atoms with Crippen molar-refractivity contribution in [3.05, 3.63) is 60.2 Å². The lowest BCUT2D eigenvalue weighted by atomic mass is 9.95. The SMILES string of the molecule is C[C@H](OC(=O)C(c1ccccc1)N1CCN(C)CC1)C1C=CC=CC1. The number of hydrogen-bond donors (Lipinski definition) is 0. The Bertz CT molecular complexity index is 618. The molecule has 0 bridgehead atoms. The Morgan fingerprint density at radius 3 is 2.48 bits per heavy atom. The molecule has 1 aliphatic carbocycles. The quantitative estimate of drug-likeness (QED) is 0.772. The van der Waals surface area contributed by atoms with E-state index in [0.29, 0.717) is 0 Å². The molecule has 2 unspecified atom stereocenters. The van der Waals surface area contributed by atoms with Gasteiger partial charge in [-0.1, -0.05) is 54.6 Å². The highest BCUT2D eigenvalue weighted by Crippen LogP contribution is 2.26. The Balaban J connectivity index is 1.73. The molecule has 134 valence electrons. The molecule has 1 saturated heterocycles. The van der Waals surface area contributed by atoms with Gasteiger partial charge in [0.05, 0.1) is 0 Å². The molecule has 0 saturated carbocycles. The predicted molar refractivity (Wildman–Crippen MR) is 100 cm³/mol. The van der Waals surface area contributed by atoms with Crippen LogP contribution in [0.15, 0.2) is 54.6 Å². The van der Waals surface area contributed by atoms with Crippen LogP contribution in [0.2, 0.25) is 0 Å². The number of carbonyl (C=O) groups excluding carboxylic acids is 1. The number of nitrogens with zero attached hydrogens (tertiary/aromatic N) is 2. The average Bonchev–Trinajstić information content (AvgIpc) is 2.65. The van der Waals surface area contributed by atoms with Gasteiger partial charge in [-0.2, -0.15) is 0 Å². The molecule has 0 radical (unpaired) electrons. The summed E-state index contributed by atoms with van der Waals surface area (Å²) in [4.78, 5) is 17.6. The van der Waals surface area contributed by atoms with Crippen molar-refractivity contribution in [1.29, 1.82) is 0 Å². The van der Waals surface area contributed by atoms with E-state index in [2.05, 4.69) is 29.0 Å². The maximum atomic E-state index is 13.1. The second-order valence-electron chi connectivity index (χ2n) is 7.01. The lowest BCUT2D eigenvalue weighted by Gasteiger charge is -2.37. The van der Waals surface area contributed by atoms with Crippen molar-refractivity contribution in [1.82, 2.24) is 9.80 Å². The zero-order valence-corrected chi connectivity index (χ0v) is 15.2. The maximum absolute atomic E-state index is 13.1. The van der Waals surface area contributed by atoms with Gasteiger partial charge in [0.15, 0.2) is 0 Å². The van der Waals surface area contributed by atoms with Gasteiger partial charge >= 0.3 is 5.97 Å². The Kier molecular flexibility index (Phi) is 6.05. The summed E-state index contributed by atoms with van der Waals surface area (Å²) in [7, 11) is 2.12. The first-order chi connectivity index (χ1) is 12.1. The largest absolute Gasteiger partial charge is 0.461 e. The molecule has 4 heteroatoms. The molecule has 0 spiro atoms. The number of piperazine rings is 1. The molecular weight excluding hydrogens is 312 g/mol. The van der Waals surface area contributed by atoms with Crippen LogP contribution in [0.3, 0.4) is 0 Å². The highest BCUT2D eigenvalue weighted by atomic mass is 16.5. The number of allylic oxidation sites excluding steroid dienone is 3. The Morgan fingerprint density at radius 1 is 1.12 bits per heavy atom. The van der Waals surface area contributed by atoms with Gasteiger partial charge in [0.1, 0.15) is 12.1 Å². The van der Waals surface area contributed by atoms with Crippen molar-refractivity contribution in [2.75, 3.05) is 33.2 Å². The summed E-state index contributed by atoms with van der Waals surface area (Å²) in [5.74, 6) is 0.129. The minimum absolute atomic E-state index is 0.118. The van der Waals surface area contributed by atoms with E-state index in [4.69, 9.17) is 4.74 Å². The van der Waals surface area contributed by atoms with Gasteiger partial charge in [0, 0.05) is 32.1 Å². The molecule has 3 rings (SSSR count).